The van der Waals surface area contributed by atoms with Crippen LogP contribution in [0.15, 0.2) is 40.9 Å². The van der Waals surface area contributed by atoms with Crippen molar-refractivity contribution in [2.75, 3.05) is 0 Å². The van der Waals surface area contributed by atoms with Crippen molar-refractivity contribution in [1.82, 2.24) is 9.55 Å². The van der Waals surface area contributed by atoms with Gasteiger partial charge >= 0.3 is 0 Å². The second-order valence-electron chi connectivity index (χ2n) is 4.00. The van der Waals surface area contributed by atoms with Crippen molar-refractivity contribution in [3.8, 4) is 5.69 Å². The molecule has 2 aromatic carbocycles. The first-order chi connectivity index (χ1) is 9.08. The van der Waals surface area contributed by atoms with Gasteiger partial charge in [0.25, 0.3) is 0 Å². The zero-order valence-corrected chi connectivity index (χ0v) is 12.6. The van der Waals surface area contributed by atoms with Crippen molar-refractivity contribution >= 4 is 50.8 Å². The Kier molecular flexibility index (Phi) is 3.20. The lowest BCUT2D eigenvalue weighted by molar-refractivity contribution is 0.626. The van der Waals surface area contributed by atoms with E-state index >= 15 is 0 Å². The normalized spacial score (nSPS) is 11.1. The van der Waals surface area contributed by atoms with E-state index in [0.717, 1.165) is 16.7 Å². The van der Waals surface area contributed by atoms with Crippen molar-refractivity contribution in [3.63, 3.8) is 0 Å². The second kappa shape index (κ2) is 4.74. The van der Waals surface area contributed by atoms with Crippen LogP contribution in [0.2, 0.25) is 5.02 Å². The highest BCUT2D eigenvalue weighted by Crippen LogP contribution is 2.29. The third-order valence-electron chi connectivity index (χ3n) is 2.82. The number of para-hydroxylation sites is 1. The maximum absolute atomic E-state index is 13.2. The third-order valence-corrected chi connectivity index (χ3v) is 4.05. The maximum atomic E-state index is 13.2. The van der Waals surface area contributed by atoms with Gasteiger partial charge in [-0.1, -0.05) is 17.7 Å². The highest BCUT2D eigenvalue weighted by Gasteiger charge is 2.11. The average Bonchev–Trinajstić information content (AvgIpc) is 2.68. The largest absolute Gasteiger partial charge is 0.329 e. The lowest BCUT2D eigenvalue weighted by Gasteiger charge is -2.07. The number of nitrogens with zero attached hydrogens (tertiary/aromatic N) is 1. The van der Waals surface area contributed by atoms with Gasteiger partial charge in [0, 0.05) is 4.47 Å². The molecule has 6 heteroatoms. The summed E-state index contributed by atoms with van der Waals surface area (Å²) in [5, 5.41) is 0.598. The molecular formula is C13H7BrClFN2S. The van der Waals surface area contributed by atoms with Gasteiger partial charge in [-0.3, -0.25) is 4.57 Å². The van der Waals surface area contributed by atoms with E-state index in [-0.39, 0.29) is 5.82 Å². The molecule has 0 fully saturated rings. The predicted octanol–water partition coefficient (Wildman–Crippen LogP) is 5.24. The molecule has 2 nitrogen and oxygen atoms in total. The average molecular weight is 358 g/mol. The number of benzene rings is 2. The SMILES string of the molecule is Fc1ccc(-n2c(=S)[nH]c3c(Cl)cccc32)c(Br)c1. The topological polar surface area (TPSA) is 20.7 Å². The molecule has 19 heavy (non-hydrogen) atoms. The third kappa shape index (κ3) is 2.12. The van der Waals surface area contributed by atoms with Crippen molar-refractivity contribution in [3.05, 3.63) is 56.5 Å². The summed E-state index contributed by atoms with van der Waals surface area (Å²) in [5.41, 5.74) is 2.38. The summed E-state index contributed by atoms with van der Waals surface area (Å²) in [6.45, 7) is 0. The van der Waals surface area contributed by atoms with E-state index in [4.69, 9.17) is 23.8 Å². The lowest BCUT2D eigenvalue weighted by Crippen LogP contribution is -1.95. The number of H-pyrrole nitrogens is 1. The van der Waals surface area contributed by atoms with Crippen LogP contribution in [0.25, 0.3) is 16.7 Å². The molecule has 0 unspecified atom stereocenters. The van der Waals surface area contributed by atoms with Crippen LogP contribution < -0.4 is 0 Å². The molecule has 0 aliphatic heterocycles. The fraction of sp³-hybridized carbons (Fsp3) is 0. The first-order valence-corrected chi connectivity index (χ1v) is 7.00. The minimum absolute atomic E-state index is 0.306. The van der Waals surface area contributed by atoms with E-state index in [1.54, 1.807) is 12.1 Å². The zero-order chi connectivity index (χ0) is 13.6. The summed E-state index contributed by atoms with van der Waals surface area (Å²) >= 11 is 14.8. The molecule has 0 spiro atoms. The summed E-state index contributed by atoms with van der Waals surface area (Å²) in [5.74, 6) is -0.306. The number of rotatable bonds is 1. The van der Waals surface area contributed by atoms with Gasteiger partial charge in [0.1, 0.15) is 5.82 Å². The van der Waals surface area contributed by atoms with Gasteiger partial charge in [-0.05, 0) is 58.5 Å². The second-order valence-corrected chi connectivity index (χ2v) is 5.64. The quantitative estimate of drug-likeness (QED) is 0.590. The summed E-state index contributed by atoms with van der Waals surface area (Å²) in [7, 11) is 0. The van der Waals surface area contributed by atoms with Crippen LogP contribution in [0.1, 0.15) is 0 Å². The Morgan fingerprint density at radius 3 is 2.79 bits per heavy atom. The fourth-order valence-electron chi connectivity index (χ4n) is 2.00. The minimum atomic E-state index is -0.306. The Morgan fingerprint density at radius 1 is 1.26 bits per heavy atom. The Morgan fingerprint density at radius 2 is 2.05 bits per heavy atom. The van der Waals surface area contributed by atoms with Crippen LogP contribution in [0.4, 0.5) is 4.39 Å². The van der Waals surface area contributed by atoms with Crippen molar-refractivity contribution in [2.24, 2.45) is 0 Å². The maximum Gasteiger partial charge on any atom is 0.182 e. The molecule has 0 radical (unpaired) electrons. The zero-order valence-electron chi connectivity index (χ0n) is 9.45. The molecule has 0 saturated heterocycles. The highest BCUT2D eigenvalue weighted by molar-refractivity contribution is 9.10. The number of aromatic nitrogens is 2. The van der Waals surface area contributed by atoms with Crippen LogP contribution in [0.3, 0.4) is 0 Å². The number of hydrogen-bond donors (Lipinski definition) is 1. The number of fused-ring (bicyclic) bond motifs is 1. The van der Waals surface area contributed by atoms with E-state index in [9.17, 15) is 4.39 Å². The molecule has 0 saturated carbocycles. The van der Waals surface area contributed by atoms with Crippen molar-refractivity contribution < 1.29 is 4.39 Å². The van der Waals surface area contributed by atoms with Crippen LogP contribution in [0, 0.1) is 10.6 Å². The van der Waals surface area contributed by atoms with Crippen LogP contribution in [-0.4, -0.2) is 9.55 Å². The molecule has 96 valence electrons. The molecule has 3 rings (SSSR count). The van der Waals surface area contributed by atoms with Gasteiger partial charge in [-0.15, -0.1) is 0 Å². The van der Waals surface area contributed by atoms with E-state index in [0.29, 0.717) is 14.3 Å². The van der Waals surface area contributed by atoms with Gasteiger partial charge in [0.2, 0.25) is 0 Å². The van der Waals surface area contributed by atoms with Crippen LogP contribution >= 0.6 is 39.7 Å². The molecule has 1 N–H and O–H groups in total. The fourth-order valence-corrected chi connectivity index (χ4v) is 3.04. The molecule has 0 aliphatic rings. The Bertz CT molecular complexity index is 840. The Hall–Kier alpha value is -1.17. The molecule has 0 amide bonds. The Labute approximate surface area is 127 Å². The molecule has 1 aromatic heterocycles. The predicted molar refractivity (Wildman–Crippen MR) is 81.1 cm³/mol. The van der Waals surface area contributed by atoms with Crippen molar-refractivity contribution in [1.29, 1.82) is 0 Å². The van der Waals surface area contributed by atoms with Gasteiger partial charge in [-0.25, -0.2) is 4.39 Å². The van der Waals surface area contributed by atoms with Crippen molar-refractivity contribution in [2.45, 2.75) is 0 Å². The smallest absolute Gasteiger partial charge is 0.182 e. The first-order valence-electron chi connectivity index (χ1n) is 5.42. The molecule has 0 atom stereocenters. The molecule has 1 heterocycles. The molecule has 0 bridgehead atoms. The van der Waals surface area contributed by atoms with E-state index in [1.165, 1.54) is 12.1 Å². The summed E-state index contributed by atoms with van der Waals surface area (Å²) in [6.07, 6.45) is 0. The number of halogens is 3. The van der Waals surface area contributed by atoms with Gasteiger partial charge < -0.3 is 4.98 Å². The summed E-state index contributed by atoms with van der Waals surface area (Å²) in [4.78, 5) is 3.07. The van der Waals surface area contributed by atoms with E-state index in [1.807, 2.05) is 16.7 Å². The van der Waals surface area contributed by atoms with Crippen LogP contribution in [0.5, 0.6) is 0 Å². The number of hydrogen-bond acceptors (Lipinski definition) is 1. The molecule has 3 aromatic rings. The first kappa shape index (κ1) is 12.8. The number of imidazole rings is 1. The lowest BCUT2D eigenvalue weighted by atomic mass is 10.2. The summed E-state index contributed by atoms with van der Waals surface area (Å²) in [6, 6.07) is 10.0. The van der Waals surface area contributed by atoms with Gasteiger partial charge in [0.15, 0.2) is 4.77 Å². The van der Waals surface area contributed by atoms with Gasteiger partial charge in [-0.2, -0.15) is 0 Å². The molecule has 0 aliphatic carbocycles. The van der Waals surface area contributed by atoms with Gasteiger partial charge in [0.05, 0.1) is 21.7 Å². The monoisotopic (exact) mass is 356 g/mol. The Balaban J connectivity index is 2.40. The van der Waals surface area contributed by atoms with E-state index < -0.39 is 0 Å². The number of nitrogens with one attached hydrogen (secondary N) is 1. The van der Waals surface area contributed by atoms with Crippen LogP contribution in [-0.2, 0) is 0 Å². The summed E-state index contributed by atoms with van der Waals surface area (Å²) < 4.78 is 16.1. The molecular weight excluding hydrogens is 351 g/mol. The highest BCUT2D eigenvalue weighted by atomic mass is 79.9. The van der Waals surface area contributed by atoms with E-state index in [2.05, 4.69) is 20.9 Å². The minimum Gasteiger partial charge on any atom is -0.329 e. The number of aromatic amines is 1. The standard InChI is InChI=1S/C13H7BrClFN2S/c14-8-6-7(16)4-5-10(8)18-11-3-1-2-9(15)12(11)17-13(18)19/h1-6H,(H,17,19).